The molecule has 134 valence electrons. The van der Waals surface area contributed by atoms with Crippen LogP contribution in [0, 0.1) is 5.92 Å². The molecule has 0 bridgehead atoms. The fourth-order valence-corrected chi connectivity index (χ4v) is 3.81. The normalized spacial score (nSPS) is 18.3. The topological polar surface area (TPSA) is 66.9 Å². The summed E-state index contributed by atoms with van der Waals surface area (Å²) in [6.45, 7) is 5.54. The van der Waals surface area contributed by atoms with E-state index in [0.29, 0.717) is 37.1 Å². The maximum atomic E-state index is 12.6. The number of hydrogen-bond acceptors (Lipinski definition) is 4. The van der Waals surface area contributed by atoms with Gasteiger partial charge >= 0.3 is 0 Å². The fourth-order valence-electron chi connectivity index (χ4n) is 2.96. The van der Waals surface area contributed by atoms with Crippen LogP contribution >= 0.6 is 0 Å². The van der Waals surface area contributed by atoms with Gasteiger partial charge in [-0.25, -0.2) is 8.42 Å². The van der Waals surface area contributed by atoms with Crippen molar-refractivity contribution in [1.82, 2.24) is 4.90 Å². The maximum absolute atomic E-state index is 12.6. The van der Waals surface area contributed by atoms with Gasteiger partial charge in [0.15, 0.2) is 0 Å². The molecule has 1 unspecified atom stereocenters. The van der Waals surface area contributed by atoms with Crippen LogP contribution in [0.15, 0.2) is 24.3 Å². The number of ether oxygens (including phenoxy) is 1. The Morgan fingerprint density at radius 2 is 2.08 bits per heavy atom. The van der Waals surface area contributed by atoms with Crippen molar-refractivity contribution in [3.8, 4) is 5.75 Å². The summed E-state index contributed by atoms with van der Waals surface area (Å²) in [5.41, 5.74) is 0.403. The first-order valence-corrected chi connectivity index (χ1v) is 10.1. The van der Waals surface area contributed by atoms with E-state index in [1.54, 1.807) is 29.2 Å². The number of benzene rings is 1. The highest BCUT2D eigenvalue weighted by Gasteiger charge is 2.28. The zero-order valence-electron chi connectivity index (χ0n) is 14.6. The van der Waals surface area contributed by atoms with Crippen LogP contribution in [-0.2, 0) is 14.8 Å². The standard InChI is InChI=1S/C17H26N2O4S/c1-4-23-16-10-6-5-9-15(16)19(24(3,21)22)13-17(20)18-11-7-8-14(2)12-18/h5-6,9-10,14H,4,7-8,11-13H2,1-3H3. The first-order valence-electron chi connectivity index (χ1n) is 8.30. The van der Waals surface area contributed by atoms with Crippen LogP contribution in [0.1, 0.15) is 26.7 Å². The van der Waals surface area contributed by atoms with Crippen LogP contribution in [0.5, 0.6) is 5.75 Å². The van der Waals surface area contributed by atoms with Crippen LogP contribution in [0.25, 0.3) is 0 Å². The lowest BCUT2D eigenvalue weighted by molar-refractivity contribution is -0.131. The molecule has 1 aromatic carbocycles. The van der Waals surface area contributed by atoms with E-state index >= 15 is 0 Å². The number of amides is 1. The predicted octanol–water partition coefficient (Wildman–Crippen LogP) is 2.11. The summed E-state index contributed by atoms with van der Waals surface area (Å²) in [7, 11) is -3.60. The molecule has 1 atom stereocenters. The van der Waals surface area contributed by atoms with E-state index in [1.807, 2.05) is 6.92 Å². The number of hydrogen-bond donors (Lipinski definition) is 0. The molecule has 1 aliphatic heterocycles. The van der Waals surface area contributed by atoms with Gasteiger partial charge in [-0.15, -0.1) is 0 Å². The Morgan fingerprint density at radius 1 is 1.38 bits per heavy atom. The van der Waals surface area contributed by atoms with Crippen molar-refractivity contribution in [2.24, 2.45) is 5.92 Å². The molecule has 0 aliphatic carbocycles. The molecule has 0 radical (unpaired) electrons. The number of rotatable bonds is 6. The van der Waals surface area contributed by atoms with Crippen LogP contribution in [-0.4, -0.2) is 51.7 Å². The average molecular weight is 354 g/mol. The van der Waals surface area contributed by atoms with E-state index in [-0.39, 0.29) is 12.5 Å². The Bertz CT molecular complexity index is 675. The van der Waals surface area contributed by atoms with Gasteiger partial charge in [0, 0.05) is 13.1 Å². The van der Waals surface area contributed by atoms with Crippen LogP contribution < -0.4 is 9.04 Å². The monoisotopic (exact) mass is 354 g/mol. The molecular formula is C17H26N2O4S. The van der Waals surface area contributed by atoms with Crippen molar-refractivity contribution in [3.63, 3.8) is 0 Å². The van der Waals surface area contributed by atoms with Gasteiger partial charge in [-0.1, -0.05) is 19.1 Å². The van der Waals surface area contributed by atoms with E-state index in [2.05, 4.69) is 6.92 Å². The number of likely N-dealkylation sites (tertiary alicyclic amines) is 1. The highest BCUT2D eigenvalue weighted by molar-refractivity contribution is 7.92. The number of anilines is 1. The van der Waals surface area contributed by atoms with Crippen molar-refractivity contribution >= 4 is 21.6 Å². The highest BCUT2D eigenvalue weighted by Crippen LogP contribution is 2.30. The first kappa shape index (κ1) is 18.6. The number of carbonyl (C=O) groups excluding carboxylic acids is 1. The molecule has 6 nitrogen and oxygen atoms in total. The molecule has 1 aliphatic rings. The number of para-hydroxylation sites is 2. The maximum Gasteiger partial charge on any atom is 0.243 e. The van der Waals surface area contributed by atoms with Crippen molar-refractivity contribution in [3.05, 3.63) is 24.3 Å². The van der Waals surface area contributed by atoms with Gasteiger partial charge in [0.05, 0.1) is 18.6 Å². The van der Waals surface area contributed by atoms with E-state index in [9.17, 15) is 13.2 Å². The molecule has 1 saturated heterocycles. The number of nitrogens with zero attached hydrogens (tertiary/aromatic N) is 2. The Hall–Kier alpha value is -1.76. The van der Waals surface area contributed by atoms with Gasteiger partial charge in [0.25, 0.3) is 0 Å². The number of piperidine rings is 1. The molecule has 0 aromatic heterocycles. The second kappa shape index (κ2) is 7.88. The number of sulfonamides is 1. The minimum Gasteiger partial charge on any atom is -0.492 e. The summed E-state index contributed by atoms with van der Waals surface area (Å²) in [6.07, 6.45) is 3.18. The second-order valence-corrected chi connectivity index (χ2v) is 8.16. The van der Waals surface area contributed by atoms with Crippen molar-refractivity contribution in [2.75, 3.05) is 36.8 Å². The summed E-state index contributed by atoms with van der Waals surface area (Å²) in [5.74, 6) is 0.744. The molecule has 0 N–H and O–H groups in total. The summed E-state index contributed by atoms with van der Waals surface area (Å²) < 4.78 is 31.2. The van der Waals surface area contributed by atoms with E-state index in [4.69, 9.17) is 4.74 Å². The van der Waals surface area contributed by atoms with Gasteiger partial charge in [-0.05, 0) is 37.8 Å². The molecule has 0 spiro atoms. The van der Waals surface area contributed by atoms with Gasteiger partial charge in [0.1, 0.15) is 12.3 Å². The molecule has 7 heteroatoms. The zero-order valence-corrected chi connectivity index (χ0v) is 15.4. The SMILES string of the molecule is CCOc1ccccc1N(CC(=O)N1CCCC(C)C1)S(C)(=O)=O. The first-order chi connectivity index (χ1) is 11.3. The molecular weight excluding hydrogens is 328 g/mol. The molecule has 2 rings (SSSR count). The van der Waals surface area contributed by atoms with Crippen molar-refractivity contribution < 1.29 is 17.9 Å². The third kappa shape index (κ3) is 4.63. The van der Waals surface area contributed by atoms with Crippen LogP contribution in [0.4, 0.5) is 5.69 Å². The van der Waals surface area contributed by atoms with E-state index in [1.165, 1.54) is 0 Å². The summed E-state index contributed by atoms with van der Waals surface area (Å²) >= 11 is 0. The smallest absolute Gasteiger partial charge is 0.243 e. The molecule has 1 fully saturated rings. The fraction of sp³-hybridized carbons (Fsp3) is 0.588. The van der Waals surface area contributed by atoms with Crippen molar-refractivity contribution in [2.45, 2.75) is 26.7 Å². The Kier molecular flexibility index (Phi) is 6.10. The van der Waals surface area contributed by atoms with Gasteiger partial charge < -0.3 is 9.64 Å². The summed E-state index contributed by atoms with van der Waals surface area (Å²) in [5, 5.41) is 0. The van der Waals surface area contributed by atoms with Crippen molar-refractivity contribution in [1.29, 1.82) is 0 Å². The lowest BCUT2D eigenvalue weighted by Crippen LogP contribution is -2.46. The average Bonchev–Trinajstić information content (AvgIpc) is 2.52. The molecule has 0 saturated carbocycles. The molecule has 1 amide bonds. The lowest BCUT2D eigenvalue weighted by atomic mass is 10.0. The largest absolute Gasteiger partial charge is 0.492 e. The minimum atomic E-state index is -3.60. The predicted molar refractivity (Wildman–Crippen MR) is 94.8 cm³/mol. The van der Waals surface area contributed by atoms with Crippen LogP contribution in [0.2, 0.25) is 0 Å². The second-order valence-electron chi connectivity index (χ2n) is 6.26. The van der Waals surface area contributed by atoms with Gasteiger partial charge in [-0.2, -0.15) is 0 Å². The highest BCUT2D eigenvalue weighted by atomic mass is 32.2. The van der Waals surface area contributed by atoms with E-state index < -0.39 is 10.0 Å². The van der Waals surface area contributed by atoms with Crippen LogP contribution in [0.3, 0.4) is 0 Å². The molecule has 1 aromatic rings. The number of carbonyl (C=O) groups is 1. The molecule has 1 heterocycles. The third-order valence-corrected chi connectivity index (χ3v) is 5.25. The van der Waals surface area contributed by atoms with Gasteiger partial charge in [0.2, 0.25) is 15.9 Å². The van der Waals surface area contributed by atoms with Gasteiger partial charge in [-0.3, -0.25) is 9.10 Å². The Balaban J connectivity index is 2.25. The molecule has 24 heavy (non-hydrogen) atoms. The summed E-state index contributed by atoms with van der Waals surface area (Å²) in [6, 6.07) is 6.90. The zero-order chi connectivity index (χ0) is 17.7. The Labute approximate surface area is 144 Å². The Morgan fingerprint density at radius 3 is 2.71 bits per heavy atom. The summed E-state index contributed by atoms with van der Waals surface area (Å²) in [4.78, 5) is 14.4. The lowest BCUT2D eigenvalue weighted by Gasteiger charge is -2.33. The van der Waals surface area contributed by atoms with E-state index in [0.717, 1.165) is 23.4 Å². The quantitative estimate of drug-likeness (QED) is 0.785. The minimum absolute atomic E-state index is 0.168. The third-order valence-electron chi connectivity index (χ3n) is 4.12.